The molecule has 4 aromatic rings. The second-order valence-electron chi connectivity index (χ2n) is 6.29. The molecule has 6 nitrogen and oxygen atoms in total. The number of fused-ring (bicyclic) bond motifs is 1. The van der Waals surface area contributed by atoms with Gasteiger partial charge in [0.1, 0.15) is 12.1 Å². The maximum Gasteiger partial charge on any atom is 0.213 e. The standard InChI is InChI=1S/C21H16BrN5O/c1-27(12-28)16-7-5-13(6-8-16)18-10-17(14-3-2-4-15(22)9-14)19-20(23)24-11-25-21(19)26-18/h2-12H,1H3,(H2,23,24,25,26). The maximum atomic E-state index is 11.0. The molecule has 0 atom stereocenters. The molecule has 0 fully saturated rings. The Morgan fingerprint density at radius 3 is 2.54 bits per heavy atom. The lowest BCUT2D eigenvalue weighted by Gasteiger charge is -2.13. The van der Waals surface area contributed by atoms with Crippen LogP contribution in [0, 0.1) is 0 Å². The highest BCUT2D eigenvalue weighted by atomic mass is 79.9. The average molecular weight is 434 g/mol. The van der Waals surface area contributed by atoms with Crippen LogP contribution in [-0.2, 0) is 4.79 Å². The van der Waals surface area contributed by atoms with Gasteiger partial charge in [-0.25, -0.2) is 15.0 Å². The van der Waals surface area contributed by atoms with E-state index in [2.05, 4.69) is 30.9 Å². The number of carbonyl (C=O) groups excluding carboxylic acids is 1. The van der Waals surface area contributed by atoms with Crippen LogP contribution in [-0.4, -0.2) is 28.4 Å². The van der Waals surface area contributed by atoms with E-state index in [1.54, 1.807) is 7.05 Å². The number of hydrogen-bond donors (Lipinski definition) is 1. The first-order valence-corrected chi connectivity index (χ1v) is 9.32. The van der Waals surface area contributed by atoms with E-state index in [1.165, 1.54) is 11.2 Å². The van der Waals surface area contributed by atoms with E-state index in [4.69, 9.17) is 5.73 Å². The number of carbonyl (C=O) groups is 1. The summed E-state index contributed by atoms with van der Waals surface area (Å²) in [7, 11) is 1.71. The van der Waals surface area contributed by atoms with Crippen molar-refractivity contribution in [3.8, 4) is 22.4 Å². The zero-order valence-electron chi connectivity index (χ0n) is 15.0. The number of pyridine rings is 1. The Labute approximate surface area is 170 Å². The van der Waals surface area contributed by atoms with E-state index in [0.29, 0.717) is 11.5 Å². The molecule has 138 valence electrons. The summed E-state index contributed by atoms with van der Waals surface area (Å²) in [5, 5.41) is 0.724. The Morgan fingerprint density at radius 1 is 1.04 bits per heavy atom. The van der Waals surface area contributed by atoms with Gasteiger partial charge < -0.3 is 10.6 Å². The van der Waals surface area contributed by atoms with Gasteiger partial charge in [0.2, 0.25) is 6.41 Å². The highest BCUT2D eigenvalue weighted by Crippen LogP contribution is 2.34. The van der Waals surface area contributed by atoms with E-state index in [0.717, 1.165) is 44.3 Å². The van der Waals surface area contributed by atoms with Gasteiger partial charge in [-0.2, -0.15) is 0 Å². The van der Waals surface area contributed by atoms with Crippen molar-refractivity contribution in [3.05, 3.63) is 65.4 Å². The van der Waals surface area contributed by atoms with Gasteiger partial charge >= 0.3 is 0 Å². The Balaban J connectivity index is 1.92. The van der Waals surface area contributed by atoms with Gasteiger partial charge in [-0.1, -0.05) is 40.2 Å². The Morgan fingerprint density at radius 2 is 1.82 bits per heavy atom. The lowest BCUT2D eigenvalue weighted by molar-refractivity contribution is -0.107. The third-order valence-corrected chi connectivity index (χ3v) is 4.99. The van der Waals surface area contributed by atoms with Crippen LogP contribution in [0.25, 0.3) is 33.4 Å². The Hall–Kier alpha value is -3.32. The number of halogens is 1. The van der Waals surface area contributed by atoms with Gasteiger partial charge in [0.25, 0.3) is 0 Å². The van der Waals surface area contributed by atoms with Crippen molar-refractivity contribution in [2.75, 3.05) is 17.7 Å². The number of amides is 1. The minimum Gasteiger partial charge on any atom is -0.383 e. The third-order valence-electron chi connectivity index (χ3n) is 4.50. The zero-order valence-corrected chi connectivity index (χ0v) is 16.6. The number of aromatic nitrogens is 3. The summed E-state index contributed by atoms with van der Waals surface area (Å²) in [6.45, 7) is 0. The van der Waals surface area contributed by atoms with E-state index >= 15 is 0 Å². The number of anilines is 2. The first-order chi connectivity index (χ1) is 13.6. The van der Waals surface area contributed by atoms with Crippen molar-refractivity contribution >= 4 is 44.9 Å². The molecule has 0 bridgehead atoms. The lowest BCUT2D eigenvalue weighted by Crippen LogP contribution is -2.13. The number of nitrogens with zero attached hydrogens (tertiary/aromatic N) is 4. The minimum atomic E-state index is 0.391. The summed E-state index contributed by atoms with van der Waals surface area (Å²) in [4.78, 5) is 25.6. The fraction of sp³-hybridized carbons (Fsp3) is 0.0476. The number of nitrogen functional groups attached to an aromatic ring is 1. The lowest BCUT2D eigenvalue weighted by atomic mass is 10.00. The van der Waals surface area contributed by atoms with E-state index < -0.39 is 0 Å². The molecule has 0 aliphatic heterocycles. The second kappa shape index (κ2) is 7.36. The normalized spacial score (nSPS) is 10.8. The fourth-order valence-electron chi connectivity index (χ4n) is 3.05. The molecule has 2 heterocycles. The summed E-state index contributed by atoms with van der Waals surface area (Å²) in [6, 6.07) is 17.6. The van der Waals surface area contributed by atoms with Gasteiger partial charge in [-0.05, 0) is 41.5 Å². The van der Waals surface area contributed by atoms with Gasteiger partial charge in [-0.15, -0.1) is 0 Å². The van der Waals surface area contributed by atoms with E-state index in [-0.39, 0.29) is 0 Å². The molecule has 0 aliphatic carbocycles. The largest absolute Gasteiger partial charge is 0.383 e. The molecular weight excluding hydrogens is 418 g/mol. The van der Waals surface area contributed by atoms with E-state index in [9.17, 15) is 4.79 Å². The van der Waals surface area contributed by atoms with Gasteiger partial charge in [0.15, 0.2) is 5.65 Å². The van der Waals surface area contributed by atoms with Gasteiger partial charge in [-0.3, -0.25) is 4.79 Å². The highest BCUT2D eigenvalue weighted by molar-refractivity contribution is 9.10. The van der Waals surface area contributed by atoms with Crippen LogP contribution in [0.1, 0.15) is 0 Å². The number of nitrogens with two attached hydrogens (primary N) is 1. The molecule has 2 aromatic heterocycles. The Bertz CT molecular complexity index is 1180. The summed E-state index contributed by atoms with van der Waals surface area (Å²) in [5.41, 5.74) is 11.1. The van der Waals surface area contributed by atoms with Crippen LogP contribution < -0.4 is 10.6 Å². The van der Waals surface area contributed by atoms with Gasteiger partial charge in [0.05, 0.1) is 11.1 Å². The first kappa shape index (κ1) is 18.1. The van der Waals surface area contributed by atoms with Crippen molar-refractivity contribution in [2.24, 2.45) is 0 Å². The van der Waals surface area contributed by atoms with Crippen molar-refractivity contribution < 1.29 is 4.79 Å². The number of benzene rings is 2. The smallest absolute Gasteiger partial charge is 0.213 e. The molecule has 0 saturated heterocycles. The molecular formula is C21H16BrN5O. The second-order valence-corrected chi connectivity index (χ2v) is 7.20. The topological polar surface area (TPSA) is 85.0 Å². The molecule has 2 aromatic carbocycles. The van der Waals surface area contributed by atoms with Crippen molar-refractivity contribution in [1.82, 2.24) is 15.0 Å². The van der Waals surface area contributed by atoms with Crippen LogP contribution in [0.5, 0.6) is 0 Å². The fourth-order valence-corrected chi connectivity index (χ4v) is 3.45. The molecule has 0 radical (unpaired) electrons. The molecule has 1 amide bonds. The SMILES string of the molecule is CN(C=O)c1ccc(-c2cc(-c3cccc(Br)c3)c3c(N)ncnc3n2)cc1. The highest BCUT2D eigenvalue weighted by Gasteiger charge is 2.14. The number of hydrogen-bond acceptors (Lipinski definition) is 5. The molecule has 0 saturated carbocycles. The zero-order chi connectivity index (χ0) is 19.7. The molecule has 4 rings (SSSR count). The summed E-state index contributed by atoms with van der Waals surface area (Å²) in [6.07, 6.45) is 2.19. The van der Waals surface area contributed by atoms with Crippen LogP contribution >= 0.6 is 15.9 Å². The molecule has 0 aliphatic rings. The van der Waals surface area contributed by atoms with E-state index in [1.807, 2.05) is 54.6 Å². The predicted molar refractivity (Wildman–Crippen MR) is 115 cm³/mol. The van der Waals surface area contributed by atoms with Crippen molar-refractivity contribution in [2.45, 2.75) is 0 Å². The molecule has 28 heavy (non-hydrogen) atoms. The summed E-state index contributed by atoms with van der Waals surface area (Å²) >= 11 is 3.52. The summed E-state index contributed by atoms with van der Waals surface area (Å²) < 4.78 is 0.966. The summed E-state index contributed by atoms with van der Waals surface area (Å²) in [5.74, 6) is 0.391. The molecule has 0 spiro atoms. The Kier molecular flexibility index (Phi) is 4.75. The van der Waals surface area contributed by atoms with Gasteiger partial charge in [0, 0.05) is 22.8 Å². The van der Waals surface area contributed by atoms with Crippen LogP contribution in [0.2, 0.25) is 0 Å². The predicted octanol–water partition coefficient (Wildman–Crippen LogP) is 4.30. The molecule has 2 N–H and O–H groups in total. The van der Waals surface area contributed by atoms with Crippen LogP contribution in [0.3, 0.4) is 0 Å². The molecule has 7 heteroatoms. The maximum absolute atomic E-state index is 11.0. The van der Waals surface area contributed by atoms with Crippen molar-refractivity contribution in [1.29, 1.82) is 0 Å². The van der Waals surface area contributed by atoms with Crippen molar-refractivity contribution in [3.63, 3.8) is 0 Å². The quantitative estimate of drug-likeness (QED) is 0.485. The van der Waals surface area contributed by atoms with Crippen LogP contribution in [0.4, 0.5) is 11.5 Å². The van der Waals surface area contributed by atoms with Crippen LogP contribution in [0.15, 0.2) is 65.4 Å². The molecule has 0 unspecified atom stereocenters. The minimum absolute atomic E-state index is 0.391. The first-order valence-electron chi connectivity index (χ1n) is 8.52. The average Bonchev–Trinajstić information content (AvgIpc) is 2.72. The third kappa shape index (κ3) is 3.32. The number of rotatable bonds is 4. The monoisotopic (exact) mass is 433 g/mol.